The second kappa shape index (κ2) is 5.47. The number of pyridine rings is 1. The Balaban J connectivity index is 1.76. The van der Waals surface area contributed by atoms with Crippen molar-refractivity contribution in [3.8, 4) is 0 Å². The maximum absolute atomic E-state index is 12.6. The van der Waals surface area contributed by atoms with E-state index in [1.807, 2.05) is 4.90 Å². The van der Waals surface area contributed by atoms with E-state index in [0.29, 0.717) is 22.7 Å². The molecule has 3 rings (SSSR count). The van der Waals surface area contributed by atoms with Gasteiger partial charge in [-0.25, -0.2) is 0 Å². The van der Waals surface area contributed by atoms with E-state index in [4.69, 9.17) is 11.6 Å². The third kappa shape index (κ3) is 2.90. The molecular weight excluding hydrogens is 262 g/mol. The van der Waals surface area contributed by atoms with Crippen LogP contribution in [0.1, 0.15) is 36.0 Å². The maximum atomic E-state index is 12.6. The average molecular weight is 280 g/mol. The van der Waals surface area contributed by atoms with Gasteiger partial charge in [-0.2, -0.15) is 0 Å². The SMILES string of the molecule is O=C(c1ccncc1Cl)N(C[C@@H]1CCCN1)C1CC1. The molecular formula is C14H18ClN3O. The number of amides is 1. The molecule has 1 aliphatic heterocycles. The van der Waals surface area contributed by atoms with Crippen LogP contribution in [0, 0.1) is 0 Å². The number of halogens is 1. The summed E-state index contributed by atoms with van der Waals surface area (Å²) in [5, 5.41) is 3.89. The molecule has 0 radical (unpaired) electrons. The molecule has 1 saturated carbocycles. The van der Waals surface area contributed by atoms with E-state index in [9.17, 15) is 4.79 Å². The van der Waals surface area contributed by atoms with E-state index < -0.39 is 0 Å². The fraction of sp³-hybridized carbons (Fsp3) is 0.571. The van der Waals surface area contributed by atoms with Crippen LogP contribution in [0.5, 0.6) is 0 Å². The Morgan fingerprint density at radius 3 is 2.95 bits per heavy atom. The van der Waals surface area contributed by atoms with Crippen molar-refractivity contribution in [2.45, 2.75) is 37.8 Å². The minimum absolute atomic E-state index is 0.0450. The summed E-state index contributed by atoms with van der Waals surface area (Å²) in [6, 6.07) is 2.55. The predicted octanol–water partition coefficient (Wildman–Crippen LogP) is 2.09. The van der Waals surface area contributed by atoms with Crippen LogP contribution in [0.4, 0.5) is 0 Å². The number of carbonyl (C=O) groups is 1. The topological polar surface area (TPSA) is 45.2 Å². The number of nitrogens with zero attached hydrogens (tertiary/aromatic N) is 2. The first-order valence-corrected chi connectivity index (χ1v) is 7.27. The van der Waals surface area contributed by atoms with E-state index in [0.717, 1.165) is 32.4 Å². The van der Waals surface area contributed by atoms with Gasteiger partial charge >= 0.3 is 0 Å². The molecule has 1 aliphatic carbocycles. The normalized spacial score (nSPS) is 22.5. The van der Waals surface area contributed by atoms with Gasteiger partial charge in [0.25, 0.3) is 5.91 Å². The Kier molecular flexibility index (Phi) is 3.71. The predicted molar refractivity (Wildman–Crippen MR) is 74.3 cm³/mol. The summed E-state index contributed by atoms with van der Waals surface area (Å²) >= 11 is 6.08. The highest BCUT2D eigenvalue weighted by Crippen LogP contribution is 2.30. The lowest BCUT2D eigenvalue weighted by Crippen LogP contribution is -2.42. The second-order valence-electron chi connectivity index (χ2n) is 5.34. The number of rotatable bonds is 4. The van der Waals surface area contributed by atoms with Crippen molar-refractivity contribution < 1.29 is 4.79 Å². The summed E-state index contributed by atoms with van der Waals surface area (Å²) in [5.74, 6) is 0.0450. The standard InChI is InChI=1S/C14H18ClN3O/c15-13-8-16-7-5-12(13)14(19)18(11-3-4-11)9-10-2-1-6-17-10/h5,7-8,10-11,17H,1-4,6,9H2/t10-/m0/s1. The van der Waals surface area contributed by atoms with E-state index in [1.54, 1.807) is 12.3 Å². The van der Waals surface area contributed by atoms with E-state index >= 15 is 0 Å². The maximum Gasteiger partial charge on any atom is 0.255 e. The number of nitrogens with one attached hydrogen (secondary N) is 1. The zero-order chi connectivity index (χ0) is 13.2. The van der Waals surface area contributed by atoms with Crippen molar-refractivity contribution in [2.24, 2.45) is 0 Å². The molecule has 1 saturated heterocycles. The summed E-state index contributed by atoms with van der Waals surface area (Å²) in [7, 11) is 0. The van der Waals surface area contributed by atoms with Crippen LogP contribution in [-0.4, -0.2) is 41.0 Å². The molecule has 1 aromatic heterocycles. The van der Waals surface area contributed by atoms with Crippen molar-refractivity contribution in [3.63, 3.8) is 0 Å². The third-order valence-electron chi connectivity index (χ3n) is 3.83. The van der Waals surface area contributed by atoms with Crippen molar-refractivity contribution >= 4 is 17.5 Å². The molecule has 102 valence electrons. The number of aromatic nitrogens is 1. The fourth-order valence-electron chi connectivity index (χ4n) is 2.64. The molecule has 1 aromatic rings. The van der Waals surface area contributed by atoms with Gasteiger partial charge in [-0.1, -0.05) is 11.6 Å². The van der Waals surface area contributed by atoms with Gasteiger partial charge in [-0.3, -0.25) is 9.78 Å². The zero-order valence-electron chi connectivity index (χ0n) is 10.8. The number of carbonyl (C=O) groups excluding carboxylic acids is 1. The van der Waals surface area contributed by atoms with Crippen LogP contribution in [0.2, 0.25) is 5.02 Å². The Labute approximate surface area is 118 Å². The molecule has 0 bridgehead atoms. The quantitative estimate of drug-likeness (QED) is 0.918. The van der Waals surface area contributed by atoms with Gasteiger partial charge in [-0.15, -0.1) is 0 Å². The number of hydrogen-bond acceptors (Lipinski definition) is 3. The molecule has 1 amide bonds. The van der Waals surface area contributed by atoms with Gasteiger partial charge in [0.1, 0.15) is 0 Å². The highest BCUT2D eigenvalue weighted by molar-refractivity contribution is 6.33. The molecule has 2 fully saturated rings. The smallest absolute Gasteiger partial charge is 0.255 e. The Morgan fingerprint density at radius 2 is 2.32 bits per heavy atom. The van der Waals surface area contributed by atoms with Crippen LogP contribution in [0.25, 0.3) is 0 Å². The lowest BCUT2D eigenvalue weighted by molar-refractivity contribution is 0.0728. The summed E-state index contributed by atoms with van der Waals surface area (Å²) in [5.41, 5.74) is 0.571. The van der Waals surface area contributed by atoms with Gasteiger partial charge in [0.15, 0.2) is 0 Å². The van der Waals surface area contributed by atoms with Gasteiger partial charge in [-0.05, 0) is 38.3 Å². The highest BCUT2D eigenvalue weighted by atomic mass is 35.5. The Bertz CT molecular complexity index is 470. The Hall–Kier alpha value is -1.13. The molecule has 1 atom stereocenters. The first-order chi connectivity index (χ1) is 9.25. The third-order valence-corrected chi connectivity index (χ3v) is 4.13. The molecule has 2 heterocycles. The lowest BCUT2D eigenvalue weighted by atomic mass is 10.1. The van der Waals surface area contributed by atoms with Gasteiger partial charge in [0.2, 0.25) is 0 Å². The van der Waals surface area contributed by atoms with Crippen LogP contribution < -0.4 is 5.32 Å². The molecule has 0 unspecified atom stereocenters. The number of hydrogen-bond donors (Lipinski definition) is 1. The fourth-order valence-corrected chi connectivity index (χ4v) is 2.84. The summed E-state index contributed by atoms with van der Waals surface area (Å²) < 4.78 is 0. The monoisotopic (exact) mass is 279 g/mol. The summed E-state index contributed by atoms with van der Waals surface area (Å²) in [4.78, 5) is 18.5. The zero-order valence-corrected chi connectivity index (χ0v) is 11.6. The molecule has 5 heteroatoms. The van der Waals surface area contributed by atoms with Crippen molar-refractivity contribution in [2.75, 3.05) is 13.1 Å². The van der Waals surface area contributed by atoms with Crippen LogP contribution >= 0.6 is 11.6 Å². The summed E-state index contributed by atoms with van der Waals surface area (Å²) in [6.07, 6.45) is 7.74. The minimum Gasteiger partial charge on any atom is -0.334 e. The minimum atomic E-state index is 0.0450. The first kappa shape index (κ1) is 12.9. The Morgan fingerprint density at radius 1 is 1.47 bits per heavy atom. The highest BCUT2D eigenvalue weighted by Gasteiger charge is 2.35. The second-order valence-corrected chi connectivity index (χ2v) is 5.74. The lowest BCUT2D eigenvalue weighted by Gasteiger charge is -2.26. The van der Waals surface area contributed by atoms with Crippen LogP contribution in [0.3, 0.4) is 0 Å². The van der Waals surface area contributed by atoms with Crippen molar-refractivity contribution in [1.82, 2.24) is 15.2 Å². The van der Waals surface area contributed by atoms with E-state index in [1.165, 1.54) is 12.6 Å². The molecule has 0 aromatic carbocycles. The molecule has 0 spiro atoms. The molecule has 19 heavy (non-hydrogen) atoms. The van der Waals surface area contributed by atoms with Crippen LogP contribution in [0.15, 0.2) is 18.5 Å². The van der Waals surface area contributed by atoms with Crippen LogP contribution in [-0.2, 0) is 0 Å². The van der Waals surface area contributed by atoms with E-state index in [2.05, 4.69) is 10.3 Å². The largest absolute Gasteiger partial charge is 0.334 e. The molecule has 2 aliphatic rings. The van der Waals surface area contributed by atoms with Crippen molar-refractivity contribution in [1.29, 1.82) is 0 Å². The summed E-state index contributed by atoms with van der Waals surface area (Å²) in [6.45, 7) is 1.86. The van der Waals surface area contributed by atoms with Crippen molar-refractivity contribution in [3.05, 3.63) is 29.0 Å². The van der Waals surface area contributed by atoms with Gasteiger partial charge in [0, 0.05) is 31.0 Å². The molecule has 4 nitrogen and oxygen atoms in total. The van der Waals surface area contributed by atoms with Gasteiger partial charge in [0.05, 0.1) is 10.6 Å². The first-order valence-electron chi connectivity index (χ1n) is 6.89. The average Bonchev–Trinajstić information content (AvgIpc) is 3.13. The van der Waals surface area contributed by atoms with Gasteiger partial charge < -0.3 is 10.2 Å². The van der Waals surface area contributed by atoms with E-state index in [-0.39, 0.29) is 5.91 Å². The molecule has 1 N–H and O–H groups in total.